The van der Waals surface area contributed by atoms with Crippen molar-refractivity contribution in [2.75, 3.05) is 13.1 Å². The maximum Gasteiger partial charge on any atom is 0.434 e. The van der Waals surface area contributed by atoms with Gasteiger partial charge in [0.25, 0.3) is 0 Å². The van der Waals surface area contributed by atoms with Crippen LogP contribution in [0.4, 0.5) is 31.1 Å². The topological polar surface area (TPSA) is 87.2 Å². The third-order valence-corrected chi connectivity index (χ3v) is 5.17. The lowest BCUT2D eigenvalue weighted by Gasteiger charge is -2.34. The highest BCUT2D eigenvalue weighted by molar-refractivity contribution is 6.31. The highest BCUT2D eigenvalue weighted by atomic mass is 35.5. The Hall–Kier alpha value is -3.09. The zero-order chi connectivity index (χ0) is 24.6. The molecule has 33 heavy (non-hydrogen) atoms. The number of amides is 3. The number of hydrogen-bond acceptors (Lipinski definition) is 4. The molecule has 3 heterocycles. The molecular formula is C19H16ClF6N5O2. The first kappa shape index (κ1) is 24.6. The summed E-state index contributed by atoms with van der Waals surface area (Å²) in [6.07, 6.45) is -8.88. The van der Waals surface area contributed by atoms with Crippen molar-refractivity contribution >= 4 is 23.5 Å². The van der Waals surface area contributed by atoms with Crippen LogP contribution in [0.5, 0.6) is 0 Å². The zero-order valence-corrected chi connectivity index (χ0v) is 17.5. The minimum absolute atomic E-state index is 0.0617. The van der Waals surface area contributed by atoms with Crippen molar-refractivity contribution in [3.8, 4) is 0 Å². The lowest BCUT2D eigenvalue weighted by atomic mass is 10.0. The first-order valence-corrected chi connectivity index (χ1v) is 9.78. The van der Waals surface area contributed by atoms with Crippen molar-refractivity contribution < 1.29 is 35.9 Å². The Labute approximate surface area is 188 Å². The molecule has 7 nitrogen and oxygen atoms in total. The third-order valence-electron chi connectivity index (χ3n) is 4.87. The molecule has 0 bridgehead atoms. The number of nitrogens with zero attached hydrogens (tertiary/aromatic N) is 3. The van der Waals surface area contributed by atoms with Gasteiger partial charge in [-0.1, -0.05) is 17.7 Å². The van der Waals surface area contributed by atoms with Crippen LogP contribution < -0.4 is 10.6 Å². The number of urea groups is 1. The molecule has 0 unspecified atom stereocenters. The van der Waals surface area contributed by atoms with Crippen molar-refractivity contribution in [2.45, 2.75) is 31.4 Å². The van der Waals surface area contributed by atoms with Gasteiger partial charge in [0.05, 0.1) is 16.8 Å². The van der Waals surface area contributed by atoms with E-state index in [4.69, 9.17) is 11.6 Å². The second-order valence-corrected chi connectivity index (χ2v) is 7.49. The standard InChI is InChI=1S/C19H16ClF6N5O2/c1-9-16(32)27-6-7-31(9)17(33)30-14(10-2-5-13(28-8-10)18(21,22)23)12-4-3-11(20)15(29-12)19(24,25)26/h2-5,8-9,14H,6-7H2,1H3,(H,27,32)(H,30,33)/t9-,14-/m1/s1. The van der Waals surface area contributed by atoms with E-state index in [1.807, 2.05) is 0 Å². The van der Waals surface area contributed by atoms with Crippen LogP contribution in [0.25, 0.3) is 0 Å². The maximum absolute atomic E-state index is 13.3. The third kappa shape index (κ3) is 5.46. The molecule has 3 rings (SSSR count). The van der Waals surface area contributed by atoms with E-state index in [1.54, 1.807) is 0 Å². The molecule has 0 saturated carbocycles. The number of hydrogen-bond donors (Lipinski definition) is 2. The van der Waals surface area contributed by atoms with E-state index in [9.17, 15) is 35.9 Å². The minimum Gasteiger partial charge on any atom is -0.353 e. The van der Waals surface area contributed by atoms with Gasteiger partial charge in [0.15, 0.2) is 5.69 Å². The van der Waals surface area contributed by atoms with E-state index >= 15 is 0 Å². The Morgan fingerprint density at radius 1 is 1.18 bits per heavy atom. The molecule has 2 aromatic rings. The molecule has 0 aromatic carbocycles. The quantitative estimate of drug-likeness (QED) is 0.634. The molecule has 178 valence electrons. The van der Waals surface area contributed by atoms with Gasteiger partial charge in [-0.2, -0.15) is 26.3 Å². The highest BCUT2D eigenvalue weighted by Gasteiger charge is 2.37. The van der Waals surface area contributed by atoms with E-state index < -0.39 is 52.8 Å². The summed E-state index contributed by atoms with van der Waals surface area (Å²) in [6, 6.07) is 0.500. The van der Waals surface area contributed by atoms with Crippen LogP contribution >= 0.6 is 11.6 Å². The summed E-state index contributed by atoms with van der Waals surface area (Å²) >= 11 is 5.61. The largest absolute Gasteiger partial charge is 0.434 e. The van der Waals surface area contributed by atoms with Crippen LogP contribution in [-0.2, 0) is 17.1 Å². The predicted octanol–water partition coefficient (Wildman–Crippen LogP) is 3.79. The molecular weight excluding hydrogens is 480 g/mol. The van der Waals surface area contributed by atoms with Gasteiger partial charge >= 0.3 is 18.4 Å². The predicted molar refractivity (Wildman–Crippen MR) is 103 cm³/mol. The fourth-order valence-electron chi connectivity index (χ4n) is 3.15. The molecule has 0 aliphatic carbocycles. The average molecular weight is 496 g/mol. The van der Waals surface area contributed by atoms with Gasteiger partial charge < -0.3 is 15.5 Å². The van der Waals surface area contributed by atoms with E-state index in [2.05, 4.69) is 20.6 Å². The first-order chi connectivity index (χ1) is 15.3. The number of carbonyl (C=O) groups excluding carboxylic acids is 2. The van der Waals surface area contributed by atoms with Crippen molar-refractivity contribution in [3.63, 3.8) is 0 Å². The number of rotatable bonds is 3. The summed E-state index contributed by atoms with van der Waals surface area (Å²) in [6.45, 7) is 1.71. The lowest BCUT2D eigenvalue weighted by Crippen LogP contribution is -2.58. The fourth-order valence-corrected chi connectivity index (χ4v) is 3.37. The van der Waals surface area contributed by atoms with E-state index in [0.717, 1.165) is 29.3 Å². The van der Waals surface area contributed by atoms with Crippen LogP contribution in [0, 0.1) is 0 Å². The van der Waals surface area contributed by atoms with Gasteiger partial charge in [-0.25, -0.2) is 9.78 Å². The molecule has 1 aliphatic rings. The molecule has 3 amide bonds. The van der Waals surface area contributed by atoms with Crippen LogP contribution in [0.2, 0.25) is 5.02 Å². The Kier molecular flexibility index (Phi) is 6.73. The first-order valence-electron chi connectivity index (χ1n) is 9.40. The molecule has 0 radical (unpaired) electrons. The monoisotopic (exact) mass is 495 g/mol. The van der Waals surface area contributed by atoms with E-state index in [-0.39, 0.29) is 24.3 Å². The van der Waals surface area contributed by atoms with Gasteiger partial charge in [0.2, 0.25) is 5.91 Å². The van der Waals surface area contributed by atoms with Crippen molar-refractivity contribution in [2.24, 2.45) is 0 Å². The summed E-state index contributed by atoms with van der Waals surface area (Å²) < 4.78 is 78.5. The second kappa shape index (κ2) is 9.04. The minimum atomic E-state index is -4.92. The Morgan fingerprint density at radius 2 is 1.88 bits per heavy atom. The normalized spacial score (nSPS) is 18.0. The maximum atomic E-state index is 13.3. The Bertz CT molecular complexity index is 1040. The summed E-state index contributed by atoms with van der Waals surface area (Å²) in [5.74, 6) is -0.437. The second-order valence-electron chi connectivity index (χ2n) is 7.08. The Morgan fingerprint density at radius 3 is 2.45 bits per heavy atom. The van der Waals surface area contributed by atoms with Gasteiger partial charge in [0, 0.05) is 19.3 Å². The van der Waals surface area contributed by atoms with E-state index in [0.29, 0.717) is 6.07 Å². The summed E-state index contributed by atoms with van der Waals surface area (Å²) in [7, 11) is 0. The SMILES string of the molecule is C[C@@H]1C(=O)NCCN1C(=O)N[C@H](c1ccc(C(F)(F)F)nc1)c1ccc(Cl)c(C(F)(F)F)n1. The highest BCUT2D eigenvalue weighted by Crippen LogP contribution is 2.35. The molecule has 2 N–H and O–H groups in total. The molecule has 0 spiro atoms. The van der Waals surface area contributed by atoms with Gasteiger partial charge in [0.1, 0.15) is 11.7 Å². The number of piperazine rings is 1. The smallest absolute Gasteiger partial charge is 0.353 e. The van der Waals surface area contributed by atoms with Gasteiger partial charge in [-0.15, -0.1) is 0 Å². The fraction of sp³-hybridized carbons (Fsp3) is 0.368. The van der Waals surface area contributed by atoms with Crippen molar-refractivity contribution in [1.82, 2.24) is 25.5 Å². The van der Waals surface area contributed by atoms with Crippen LogP contribution in [0.3, 0.4) is 0 Å². The van der Waals surface area contributed by atoms with Gasteiger partial charge in [-0.05, 0) is 30.7 Å². The van der Waals surface area contributed by atoms with Crippen molar-refractivity contribution in [3.05, 3.63) is 58.1 Å². The molecule has 2 aromatic heterocycles. The number of alkyl halides is 6. The molecule has 1 fully saturated rings. The number of pyridine rings is 2. The number of aromatic nitrogens is 2. The lowest BCUT2D eigenvalue weighted by molar-refractivity contribution is -0.142. The number of carbonyl (C=O) groups is 2. The molecule has 2 atom stereocenters. The van der Waals surface area contributed by atoms with Crippen LogP contribution in [-0.4, -0.2) is 45.9 Å². The Balaban J connectivity index is 2.02. The molecule has 1 saturated heterocycles. The summed E-state index contributed by atoms with van der Waals surface area (Å²) in [5.41, 5.74) is -3.05. The number of nitrogens with one attached hydrogen (secondary N) is 2. The summed E-state index contributed by atoms with van der Waals surface area (Å²) in [4.78, 5) is 32.7. The average Bonchev–Trinajstić information content (AvgIpc) is 2.73. The number of halogens is 7. The molecule has 1 aliphatic heterocycles. The van der Waals surface area contributed by atoms with Gasteiger partial charge in [-0.3, -0.25) is 9.78 Å². The van der Waals surface area contributed by atoms with Crippen LogP contribution in [0.15, 0.2) is 30.5 Å². The van der Waals surface area contributed by atoms with Crippen LogP contribution in [0.1, 0.15) is 35.6 Å². The summed E-state index contributed by atoms with van der Waals surface area (Å²) in [5, 5.41) is 4.30. The molecule has 14 heteroatoms. The van der Waals surface area contributed by atoms with Crippen molar-refractivity contribution in [1.29, 1.82) is 0 Å². The van der Waals surface area contributed by atoms with E-state index in [1.165, 1.54) is 6.92 Å². The zero-order valence-electron chi connectivity index (χ0n) is 16.8.